The van der Waals surface area contributed by atoms with Gasteiger partial charge in [-0.1, -0.05) is 41.9 Å². The molecule has 4 nitrogen and oxygen atoms in total. The van der Waals surface area contributed by atoms with Crippen molar-refractivity contribution in [2.24, 2.45) is 0 Å². The van der Waals surface area contributed by atoms with Crippen LogP contribution >= 0.6 is 11.6 Å². The van der Waals surface area contributed by atoms with Crippen molar-refractivity contribution in [2.45, 2.75) is 26.7 Å². The molecular weight excluding hydrogens is 336 g/mol. The van der Waals surface area contributed by atoms with E-state index in [1.807, 2.05) is 56.3 Å². The first-order valence-electron chi connectivity index (χ1n) is 8.22. The summed E-state index contributed by atoms with van der Waals surface area (Å²) < 4.78 is 0. The number of carbonyl (C=O) groups excluding carboxylic acids is 2. The Labute approximate surface area is 153 Å². The Morgan fingerprint density at radius 2 is 1.80 bits per heavy atom. The third kappa shape index (κ3) is 5.33. The fraction of sp³-hybridized carbons (Fsp3) is 0.300. The van der Waals surface area contributed by atoms with Crippen LogP contribution in [0.1, 0.15) is 23.1 Å². The van der Waals surface area contributed by atoms with E-state index in [4.69, 9.17) is 11.6 Å². The van der Waals surface area contributed by atoms with Crippen LogP contribution in [0.5, 0.6) is 0 Å². The molecule has 0 aliphatic heterocycles. The van der Waals surface area contributed by atoms with Crippen LogP contribution in [0, 0.1) is 13.8 Å². The first-order chi connectivity index (χ1) is 11.9. The molecule has 0 spiro atoms. The number of carbonyl (C=O) groups is 2. The lowest BCUT2D eigenvalue weighted by Crippen LogP contribution is -2.35. The monoisotopic (exact) mass is 358 g/mol. The Morgan fingerprint density at radius 1 is 1.08 bits per heavy atom. The second kappa shape index (κ2) is 8.67. The zero-order chi connectivity index (χ0) is 18.4. The average molecular weight is 359 g/mol. The van der Waals surface area contributed by atoms with E-state index >= 15 is 0 Å². The summed E-state index contributed by atoms with van der Waals surface area (Å²) >= 11 is 6.10. The minimum Gasteiger partial charge on any atom is -0.336 e. The quantitative estimate of drug-likeness (QED) is 0.848. The molecule has 0 radical (unpaired) electrons. The van der Waals surface area contributed by atoms with Crippen molar-refractivity contribution in [3.05, 3.63) is 64.2 Å². The highest BCUT2D eigenvalue weighted by Gasteiger charge is 2.14. The highest BCUT2D eigenvalue weighted by molar-refractivity contribution is 6.31. The Bertz CT molecular complexity index is 774. The summed E-state index contributed by atoms with van der Waals surface area (Å²) in [6.07, 6.45) is 0.873. The SMILES string of the molecule is Cc1cccc(NC(=O)CN(C)C(=O)CCc2ccccc2Cl)c1C. The van der Waals surface area contributed by atoms with Crippen LogP contribution in [-0.4, -0.2) is 30.3 Å². The van der Waals surface area contributed by atoms with Crippen LogP contribution in [0.15, 0.2) is 42.5 Å². The molecule has 25 heavy (non-hydrogen) atoms. The van der Waals surface area contributed by atoms with Gasteiger partial charge in [-0.25, -0.2) is 0 Å². The van der Waals surface area contributed by atoms with E-state index < -0.39 is 0 Å². The van der Waals surface area contributed by atoms with Gasteiger partial charge in [0.25, 0.3) is 0 Å². The summed E-state index contributed by atoms with van der Waals surface area (Å²) in [7, 11) is 1.64. The Morgan fingerprint density at radius 3 is 2.52 bits per heavy atom. The summed E-state index contributed by atoms with van der Waals surface area (Å²) in [5.41, 5.74) is 3.86. The van der Waals surface area contributed by atoms with E-state index in [1.165, 1.54) is 4.90 Å². The van der Waals surface area contributed by atoms with E-state index in [2.05, 4.69) is 5.32 Å². The molecule has 0 unspecified atom stereocenters. The molecule has 0 aliphatic carbocycles. The highest BCUT2D eigenvalue weighted by atomic mass is 35.5. The number of nitrogens with one attached hydrogen (secondary N) is 1. The fourth-order valence-electron chi connectivity index (χ4n) is 2.51. The number of hydrogen-bond acceptors (Lipinski definition) is 2. The van der Waals surface area contributed by atoms with Crippen LogP contribution in [0.3, 0.4) is 0 Å². The van der Waals surface area contributed by atoms with Gasteiger partial charge in [0.1, 0.15) is 0 Å². The molecule has 0 fully saturated rings. The number of benzene rings is 2. The second-order valence-electron chi connectivity index (χ2n) is 6.14. The number of aryl methyl sites for hydroxylation is 2. The van der Waals surface area contributed by atoms with E-state index in [9.17, 15) is 9.59 Å². The topological polar surface area (TPSA) is 49.4 Å². The summed E-state index contributed by atoms with van der Waals surface area (Å²) in [4.78, 5) is 25.9. The Hall–Kier alpha value is -2.33. The van der Waals surface area contributed by atoms with Gasteiger partial charge in [-0.05, 0) is 49.1 Å². The maximum absolute atomic E-state index is 12.2. The Kier molecular flexibility index (Phi) is 6.59. The van der Waals surface area contributed by atoms with Gasteiger partial charge < -0.3 is 10.2 Å². The van der Waals surface area contributed by atoms with Gasteiger partial charge in [0.05, 0.1) is 6.54 Å². The number of hydrogen-bond donors (Lipinski definition) is 1. The van der Waals surface area contributed by atoms with Crippen LogP contribution in [-0.2, 0) is 16.0 Å². The van der Waals surface area contributed by atoms with Crippen LogP contribution in [0.25, 0.3) is 0 Å². The van der Waals surface area contributed by atoms with Gasteiger partial charge in [-0.15, -0.1) is 0 Å². The van der Waals surface area contributed by atoms with Crippen molar-refractivity contribution in [1.29, 1.82) is 0 Å². The van der Waals surface area contributed by atoms with Crippen LogP contribution in [0.2, 0.25) is 5.02 Å². The fourth-order valence-corrected chi connectivity index (χ4v) is 2.74. The van der Waals surface area contributed by atoms with Gasteiger partial charge in [-0.2, -0.15) is 0 Å². The second-order valence-corrected chi connectivity index (χ2v) is 6.54. The van der Waals surface area contributed by atoms with Crippen molar-refractivity contribution < 1.29 is 9.59 Å². The van der Waals surface area contributed by atoms with E-state index in [-0.39, 0.29) is 18.4 Å². The number of anilines is 1. The molecule has 2 aromatic carbocycles. The molecule has 0 saturated carbocycles. The first-order valence-corrected chi connectivity index (χ1v) is 8.59. The van der Waals surface area contributed by atoms with Gasteiger partial charge in [0.15, 0.2) is 0 Å². The third-order valence-corrected chi connectivity index (χ3v) is 4.62. The van der Waals surface area contributed by atoms with Crippen molar-refractivity contribution in [3.8, 4) is 0 Å². The molecular formula is C20H23ClN2O2. The Balaban J connectivity index is 1.87. The van der Waals surface area contributed by atoms with Crippen molar-refractivity contribution in [3.63, 3.8) is 0 Å². The zero-order valence-corrected chi connectivity index (χ0v) is 15.6. The molecule has 2 rings (SSSR count). The molecule has 0 heterocycles. The third-order valence-electron chi connectivity index (χ3n) is 4.25. The molecule has 0 saturated heterocycles. The number of amides is 2. The standard InChI is InChI=1S/C20H23ClN2O2/c1-14-7-6-10-18(15(14)2)22-19(24)13-23(3)20(25)12-11-16-8-4-5-9-17(16)21/h4-10H,11-13H2,1-3H3,(H,22,24). The molecule has 0 aromatic heterocycles. The van der Waals surface area contributed by atoms with Crippen molar-refractivity contribution in [1.82, 2.24) is 4.90 Å². The summed E-state index contributed by atoms with van der Waals surface area (Å²) in [6.45, 7) is 3.98. The molecule has 5 heteroatoms. The highest BCUT2D eigenvalue weighted by Crippen LogP contribution is 2.18. The number of nitrogens with zero attached hydrogens (tertiary/aromatic N) is 1. The zero-order valence-electron chi connectivity index (χ0n) is 14.8. The first kappa shape index (κ1) is 19.0. The number of likely N-dealkylation sites (N-methyl/N-ethyl adjacent to an activating group) is 1. The summed E-state index contributed by atoms with van der Waals surface area (Å²) in [6, 6.07) is 13.2. The molecule has 2 amide bonds. The van der Waals surface area contributed by atoms with Gasteiger partial charge in [0.2, 0.25) is 11.8 Å². The van der Waals surface area contributed by atoms with Gasteiger partial charge in [0, 0.05) is 24.2 Å². The lowest BCUT2D eigenvalue weighted by atomic mass is 10.1. The van der Waals surface area contributed by atoms with Gasteiger partial charge in [-0.3, -0.25) is 9.59 Å². The van der Waals surface area contributed by atoms with Crippen molar-refractivity contribution >= 4 is 29.1 Å². The molecule has 0 bridgehead atoms. The maximum atomic E-state index is 12.2. The van der Waals surface area contributed by atoms with E-state index in [0.717, 1.165) is 22.4 Å². The number of halogens is 1. The smallest absolute Gasteiger partial charge is 0.243 e. The minimum atomic E-state index is -0.206. The maximum Gasteiger partial charge on any atom is 0.243 e. The van der Waals surface area contributed by atoms with Crippen molar-refractivity contribution in [2.75, 3.05) is 18.9 Å². The minimum absolute atomic E-state index is 0.0226. The van der Waals surface area contributed by atoms with E-state index in [0.29, 0.717) is 17.9 Å². The molecule has 0 atom stereocenters. The average Bonchev–Trinajstić information content (AvgIpc) is 2.58. The largest absolute Gasteiger partial charge is 0.336 e. The molecule has 2 aromatic rings. The summed E-state index contributed by atoms with van der Waals surface area (Å²) in [5.74, 6) is -0.293. The summed E-state index contributed by atoms with van der Waals surface area (Å²) in [5, 5.41) is 3.52. The predicted molar refractivity (Wildman–Crippen MR) is 102 cm³/mol. The van der Waals surface area contributed by atoms with Gasteiger partial charge >= 0.3 is 0 Å². The lowest BCUT2D eigenvalue weighted by molar-refractivity contribution is -0.133. The predicted octanol–water partition coefficient (Wildman–Crippen LogP) is 3.99. The molecule has 1 N–H and O–H groups in total. The van der Waals surface area contributed by atoms with Crippen LogP contribution in [0.4, 0.5) is 5.69 Å². The molecule has 0 aliphatic rings. The van der Waals surface area contributed by atoms with Crippen LogP contribution < -0.4 is 5.32 Å². The normalized spacial score (nSPS) is 10.4. The lowest BCUT2D eigenvalue weighted by Gasteiger charge is -2.18. The molecule has 132 valence electrons. The number of rotatable bonds is 6. The van der Waals surface area contributed by atoms with E-state index in [1.54, 1.807) is 7.05 Å².